The molecular weight excluding hydrogens is 290 g/mol. The smallest absolute Gasteiger partial charge is 0.239 e. The summed E-state index contributed by atoms with van der Waals surface area (Å²) in [6.45, 7) is 3.71. The molecule has 0 bridgehead atoms. The normalized spacial score (nSPS) is 11.6. The van der Waals surface area contributed by atoms with Gasteiger partial charge in [0.2, 0.25) is 5.91 Å². The van der Waals surface area contributed by atoms with Crippen LogP contribution in [0.1, 0.15) is 11.4 Å². The molecule has 0 spiro atoms. The number of rotatable bonds is 4. The second-order valence-corrected chi connectivity index (χ2v) is 6.98. The molecule has 0 atom stereocenters. The van der Waals surface area contributed by atoms with E-state index in [1.807, 2.05) is 13.8 Å². The number of hydrogen-bond acceptors (Lipinski definition) is 4. The predicted molar refractivity (Wildman–Crippen MR) is 79.4 cm³/mol. The van der Waals surface area contributed by atoms with Crippen LogP contribution in [0, 0.1) is 13.8 Å². The highest BCUT2D eigenvalue weighted by atomic mass is 32.2. The summed E-state index contributed by atoms with van der Waals surface area (Å²) in [6, 6.07) is 6.61. The van der Waals surface area contributed by atoms with Gasteiger partial charge < -0.3 is 5.73 Å². The average molecular weight is 307 g/mol. The lowest BCUT2D eigenvalue weighted by Crippen LogP contribution is -2.20. The molecular formula is C14H17N3O3S. The van der Waals surface area contributed by atoms with Crippen molar-refractivity contribution in [3.63, 3.8) is 0 Å². The number of hydrogen-bond donors (Lipinski definition) is 1. The van der Waals surface area contributed by atoms with Crippen LogP contribution in [0.2, 0.25) is 0 Å². The number of carbonyl (C=O) groups excluding carboxylic acids is 1. The lowest BCUT2D eigenvalue weighted by Gasteiger charge is -2.05. The summed E-state index contributed by atoms with van der Waals surface area (Å²) in [4.78, 5) is 11.3. The Morgan fingerprint density at radius 3 is 2.29 bits per heavy atom. The van der Waals surface area contributed by atoms with E-state index >= 15 is 0 Å². The molecule has 0 aliphatic heterocycles. The fourth-order valence-corrected chi connectivity index (χ4v) is 2.92. The molecule has 0 aliphatic carbocycles. The third kappa shape index (κ3) is 3.13. The molecule has 1 aromatic heterocycles. The van der Waals surface area contributed by atoms with E-state index < -0.39 is 15.7 Å². The van der Waals surface area contributed by atoms with E-state index in [1.165, 1.54) is 6.26 Å². The van der Waals surface area contributed by atoms with Crippen molar-refractivity contribution in [1.29, 1.82) is 0 Å². The first-order chi connectivity index (χ1) is 9.70. The monoisotopic (exact) mass is 307 g/mol. The van der Waals surface area contributed by atoms with Gasteiger partial charge in [0.15, 0.2) is 9.84 Å². The first-order valence-corrected chi connectivity index (χ1v) is 8.22. The minimum absolute atomic E-state index is 0.0219. The highest BCUT2D eigenvalue weighted by Crippen LogP contribution is 2.27. The summed E-state index contributed by atoms with van der Waals surface area (Å²) < 4.78 is 24.5. The van der Waals surface area contributed by atoms with Crippen LogP contribution in [0.15, 0.2) is 29.2 Å². The Morgan fingerprint density at radius 2 is 1.81 bits per heavy atom. The van der Waals surface area contributed by atoms with Gasteiger partial charge in [0.25, 0.3) is 0 Å². The summed E-state index contributed by atoms with van der Waals surface area (Å²) in [6.07, 6.45) is 1.17. The van der Waals surface area contributed by atoms with Crippen LogP contribution in [0.5, 0.6) is 0 Å². The maximum Gasteiger partial charge on any atom is 0.239 e. The average Bonchev–Trinajstić information content (AvgIpc) is 2.63. The van der Waals surface area contributed by atoms with Gasteiger partial charge in [-0.2, -0.15) is 5.10 Å². The van der Waals surface area contributed by atoms with Crippen molar-refractivity contribution < 1.29 is 13.2 Å². The van der Waals surface area contributed by atoms with Crippen LogP contribution in [0.25, 0.3) is 11.1 Å². The molecule has 0 saturated heterocycles. The second kappa shape index (κ2) is 5.33. The number of aromatic nitrogens is 2. The predicted octanol–water partition coefficient (Wildman–Crippen LogP) is 1.06. The molecule has 7 heteroatoms. The number of sulfone groups is 1. The molecule has 1 heterocycles. The maximum absolute atomic E-state index is 11.5. The molecule has 0 aliphatic rings. The highest BCUT2D eigenvalue weighted by molar-refractivity contribution is 7.90. The van der Waals surface area contributed by atoms with Crippen LogP contribution in [0.4, 0.5) is 0 Å². The van der Waals surface area contributed by atoms with Gasteiger partial charge in [-0.3, -0.25) is 9.48 Å². The summed E-state index contributed by atoms with van der Waals surface area (Å²) in [5.74, 6) is -0.459. The van der Waals surface area contributed by atoms with E-state index in [9.17, 15) is 13.2 Å². The Labute approximate surface area is 123 Å². The van der Waals surface area contributed by atoms with E-state index in [4.69, 9.17) is 5.73 Å². The lowest BCUT2D eigenvalue weighted by molar-refractivity contribution is -0.118. The Hall–Kier alpha value is -2.15. The molecule has 112 valence electrons. The molecule has 21 heavy (non-hydrogen) atoms. The Bertz CT molecular complexity index is 790. The number of primary amides is 1. The molecule has 1 aromatic carbocycles. The van der Waals surface area contributed by atoms with Gasteiger partial charge in [0, 0.05) is 17.5 Å². The lowest BCUT2D eigenvalue weighted by atomic mass is 10.0. The third-order valence-electron chi connectivity index (χ3n) is 3.26. The first kappa shape index (κ1) is 15.2. The van der Waals surface area contributed by atoms with E-state index in [-0.39, 0.29) is 11.4 Å². The molecule has 0 fully saturated rings. The zero-order chi connectivity index (χ0) is 15.8. The maximum atomic E-state index is 11.5. The van der Waals surface area contributed by atoms with E-state index in [1.54, 1.807) is 28.9 Å². The van der Waals surface area contributed by atoms with E-state index in [2.05, 4.69) is 5.10 Å². The van der Waals surface area contributed by atoms with Gasteiger partial charge in [-0.15, -0.1) is 0 Å². The van der Waals surface area contributed by atoms with Gasteiger partial charge in [0.1, 0.15) is 6.54 Å². The molecule has 2 N–H and O–H groups in total. The van der Waals surface area contributed by atoms with Crippen LogP contribution >= 0.6 is 0 Å². The van der Waals surface area contributed by atoms with Crippen molar-refractivity contribution in [3.8, 4) is 11.1 Å². The molecule has 2 rings (SSSR count). The summed E-state index contributed by atoms with van der Waals surface area (Å²) in [7, 11) is -3.21. The van der Waals surface area contributed by atoms with Gasteiger partial charge in [-0.1, -0.05) is 12.1 Å². The van der Waals surface area contributed by atoms with Gasteiger partial charge in [-0.05, 0) is 31.5 Å². The zero-order valence-electron chi connectivity index (χ0n) is 12.1. The summed E-state index contributed by atoms with van der Waals surface area (Å²) in [5.41, 5.74) is 8.52. The fourth-order valence-electron chi connectivity index (χ4n) is 2.29. The van der Waals surface area contributed by atoms with Crippen molar-refractivity contribution in [1.82, 2.24) is 9.78 Å². The number of amides is 1. The van der Waals surface area contributed by atoms with E-state index in [0.717, 1.165) is 22.5 Å². The van der Waals surface area contributed by atoms with Gasteiger partial charge in [-0.25, -0.2) is 8.42 Å². The van der Waals surface area contributed by atoms with Crippen LogP contribution in [-0.4, -0.2) is 30.4 Å². The quantitative estimate of drug-likeness (QED) is 0.913. The summed E-state index contributed by atoms with van der Waals surface area (Å²) in [5, 5.41) is 4.30. The van der Waals surface area contributed by atoms with Crippen LogP contribution in [0.3, 0.4) is 0 Å². The zero-order valence-corrected chi connectivity index (χ0v) is 12.9. The standard InChI is InChI=1S/C14H17N3O3S/c1-9-14(10(2)17(16-9)8-13(15)18)11-4-6-12(7-5-11)21(3,19)20/h4-7H,8H2,1-3H3,(H2,15,18). The molecule has 6 nitrogen and oxygen atoms in total. The van der Waals surface area contributed by atoms with Crippen LogP contribution in [-0.2, 0) is 21.2 Å². The Kier molecular flexibility index (Phi) is 3.87. The molecule has 0 saturated carbocycles. The van der Waals surface area contributed by atoms with Crippen molar-refractivity contribution in [2.45, 2.75) is 25.3 Å². The number of carbonyl (C=O) groups is 1. The number of nitrogens with zero attached hydrogens (tertiary/aromatic N) is 2. The van der Waals surface area contributed by atoms with Crippen molar-refractivity contribution in [2.75, 3.05) is 6.26 Å². The minimum atomic E-state index is -3.21. The minimum Gasteiger partial charge on any atom is -0.368 e. The third-order valence-corrected chi connectivity index (χ3v) is 4.39. The SMILES string of the molecule is Cc1nn(CC(N)=O)c(C)c1-c1ccc(S(C)(=O)=O)cc1. The van der Waals surface area contributed by atoms with Crippen LogP contribution < -0.4 is 5.73 Å². The Morgan fingerprint density at radius 1 is 1.24 bits per heavy atom. The number of benzene rings is 1. The van der Waals surface area contributed by atoms with Crippen molar-refractivity contribution in [2.24, 2.45) is 5.73 Å². The fraction of sp³-hybridized carbons (Fsp3) is 0.286. The van der Waals surface area contributed by atoms with Gasteiger partial charge in [0.05, 0.1) is 10.6 Å². The summed E-state index contributed by atoms with van der Waals surface area (Å²) >= 11 is 0. The molecule has 0 radical (unpaired) electrons. The van der Waals surface area contributed by atoms with Crippen molar-refractivity contribution in [3.05, 3.63) is 35.7 Å². The Balaban J connectivity index is 2.47. The molecule has 1 amide bonds. The van der Waals surface area contributed by atoms with E-state index in [0.29, 0.717) is 0 Å². The molecule has 0 unspecified atom stereocenters. The number of aryl methyl sites for hydroxylation is 1. The van der Waals surface area contributed by atoms with Gasteiger partial charge >= 0.3 is 0 Å². The largest absolute Gasteiger partial charge is 0.368 e. The highest BCUT2D eigenvalue weighted by Gasteiger charge is 2.15. The first-order valence-electron chi connectivity index (χ1n) is 6.33. The molecule has 2 aromatic rings. The topological polar surface area (TPSA) is 95.1 Å². The second-order valence-electron chi connectivity index (χ2n) is 4.97. The van der Waals surface area contributed by atoms with Crippen molar-refractivity contribution >= 4 is 15.7 Å². The number of nitrogens with two attached hydrogens (primary N) is 1.